The first-order chi connectivity index (χ1) is 6.99. The third-order valence-electron chi connectivity index (χ3n) is 1.98. The van der Waals surface area contributed by atoms with Crippen molar-refractivity contribution in [3.8, 4) is 0 Å². The first-order valence-corrected chi connectivity index (χ1v) is 6.76. The van der Waals surface area contributed by atoms with E-state index in [0.717, 1.165) is 12.2 Å². The van der Waals surface area contributed by atoms with Crippen molar-refractivity contribution in [3.05, 3.63) is 12.2 Å². The Morgan fingerprint density at radius 2 is 2.20 bits per heavy atom. The van der Waals surface area contributed by atoms with Gasteiger partial charge in [-0.2, -0.15) is 0 Å². The first-order valence-electron chi connectivity index (χ1n) is 4.70. The summed E-state index contributed by atoms with van der Waals surface area (Å²) in [5.74, 6) is 1.06. The first kappa shape index (κ1) is 12.1. The normalized spacial score (nSPS) is 11.9. The van der Waals surface area contributed by atoms with Gasteiger partial charge in [-0.05, 0) is 0 Å². The summed E-state index contributed by atoms with van der Waals surface area (Å²) in [5.41, 5.74) is 0. The van der Waals surface area contributed by atoms with E-state index in [0.29, 0.717) is 13.1 Å². The quantitative estimate of drug-likeness (QED) is 0.636. The van der Waals surface area contributed by atoms with E-state index in [2.05, 4.69) is 15.5 Å². The minimum Gasteiger partial charge on any atom is -0.321 e. The van der Waals surface area contributed by atoms with Crippen molar-refractivity contribution < 1.29 is 8.42 Å². The molecule has 7 heteroatoms. The Bertz CT molecular complexity index is 399. The second kappa shape index (κ2) is 5.22. The van der Waals surface area contributed by atoms with Gasteiger partial charge in [0, 0.05) is 32.8 Å². The molecule has 0 aliphatic carbocycles. The fourth-order valence-electron chi connectivity index (χ4n) is 1.12. The van der Waals surface area contributed by atoms with E-state index in [1.54, 1.807) is 6.33 Å². The molecule has 0 spiro atoms. The van der Waals surface area contributed by atoms with Gasteiger partial charge in [-0.15, -0.1) is 10.2 Å². The van der Waals surface area contributed by atoms with E-state index in [1.807, 2.05) is 11.6 Å². The van der Waals surface area contributed by atoms with Crippen LogP contribution in [0.3, 0.4) is 0 Å². The summed E-state index contributed by atoms with van der Waals surface area (Å²) in [5, 5.41) is 10.7. The number of hydrogen-bond acceptors (Lipinski definition) is 5. The van der Waals surface area contributed by atoms with Crippen molar-refractivity contribution in [1.82, 2.24) is 20.1 Å². The van der Waals surface area contributed by atoms with Crippen molar-refractivity contribution in [2.24, 2.45) is 7.05 Å². The summed E-state index contributed by atoms with van der Waals surface area (Å²) in [6.07, 6.45) is 3.63. The Hall–Kier alpha value is -0.950. The number of rotatable bonds is 6. The van der Waals surface area contributed by atoms with E-state index < -0.39 is 9.84 Å². The third-order valence-corrected chi connectivity index (χ3v) is 2.93. The third kappa shape index (κ3) is 4.89. The molecule has 0 saturated heterocycles. The molecular formula is C8H16N4O2S. The number of aromatic nitrogens is 3. The molecule has 6 nitrogen and oxygen atoms in total. The van der Waals surface area contributed by atoms with Crippen LogP contribution in [0.25, 0.3) is 0 Å². The minimum atomic E-state index is -2.86. The summed E-state index contributed by atoms with van der Waals surface area (Å²) in [4.78, 5) is 0. The number of aryl methyl sites for hydroxylation is 1. The second-order valence-electron chi connectivity index (χ2n) is 3.49. The smallest absolute Gasteiger partial charge is 0.148 e. The molecule has 1 N–H and O–H groups in total. The van der Waals surface area contributed by atoms with Gasteiger partial charge in [-0.25, -0.2) is 8.42 Å². The highest BCUT2D eigenvalue weighted by molar-refractivity contribution is 7.90. The lowest BCUT2D eigenvalue weighted by Gasteiger charge is -2.03. The molecule has 0 fully saturated rings. The van der Waals surface area contributed by atoms with Gasteiger partial charge < -0.3 is 9.88 Å². The molecule has 0 amide bonds. The van der Waals surface area contributed by atoms with Crippen LogP contribution in [0.4, 0.5) is 0 Å². The lowest BCUT2D eigenvalue weighted by molar-refractivity contribution is 0.595. The Morgan fingerprint density at radius 1 is 1.47 bits per heavy atom. The van der Waals surface area contributed by atoms with Crippen LogP contribution >= 0.6 is 0 Å². The second-order valence-corrected chi connectivity index (χ2v) is 5.75. The molecule has 0 aliphatic heterocycles. The number of nitrogens with zero attached hydrogens (tertiary/aromatic N) is 3. The van der Waals surface area contributed by atoms with Crippen molar-refractivity contribution in [2.45, 2.75) is 6.42 Å². The van der Waals surface area contributed by atoms with E-state index in [-0.39, 0.29) is 5.75 Å². The van der Waals surface area contributed by atoms with Crippen LogP contribution in [0.2, 0.25) is 0 Å². The van der Waals surface area contributed by atoms with Gasteiger partial charge in [-0.1, -0.05) is 0 Å². The molecule has 1 rings (SSSR count). The number of nitrogens with one attached hydrogen (secondary N) is 1. The maximum absolute atomic E-state index is 10.8. The van der Waals surface area contributed by atoms with Gasteiger partial charge in [0.15, 0.2) is 0 Å². The maximum Gasteiger partial charge on any atom is 0.148 e. The van der Waals surface area contributed by atoms with Gasteiger partial charge in [0.05, 0.1) is 5.75 Å². The Kier molecular flexibility index (Phi) is 4.22. The van der Waals surface area contributed by atoms with Crippen molar-refractivity contribution in [3.63, 3.8) is 0 Å². The summed E-state index contributed by atoms with van der Waals surface area (Å²) >= 11 is 0. The van der Waals surface area contributed by atoms with Crippen LogP contribution in [-0.4, -0.2) is 48.3 Å². The molecule has 0 radical (unpaired) electrons. The molecule has 0 aliphatic rings. The summed E-state index contributed by atoms with van der Waals surface area (Å²) < 4.78 is 23.5. The molecule has 0 aromatic carbocycles. The summed E-state index contributed by atoms with van der Waals surface area (Å²) in [6, 6.07) is 0. The summed E-state index contributed by atoms with van der Waals surface area (Å²) in [7, 11) is -0.981. The van der Waals surface area contributed by atoms with E-state index in [1.165, 1.54) is 6.26 Å². The van der Waals surface area contributed by atoms with E-state index in [4.69, 9.17) is 0 Å². The molecular weight excluding hydrogens is 216 g/mol. The zero-order valence-corrected chi connectivity index (χ0v) is 9.79. The standard InChI is InChI=1S/C8H16N4O2S/c1-12-7-10-11-8(12)3-4-9-5-6-15(2,13)14/h7,9H,3-6H2,1-2H3. The fourth-order valence-corrected chi connectivity index (χ4v) is 1.63. The van der Waals surface area contributed by atoms with Crippen LogP contribution in [-0.2, 0) is 23.3 Å². The van der Waals surface area contributed by atoms with Gasteiger partial charge in [0.25, 0.3) is 0 Å². The molecule has 86 valence electrons. The SMILES string of the molecule is Cn1cnnc1CCNCCS(C)(=O)=O. The molecule has 1 aromatic heterocycles. The van der Waals surface area contributed by atoms with Gasteiger partial charge >= 0.3 is 0 Å². The molecule has 0 unspecified atom stereocenters. The lowest BCUT2D eigenvalue weighted by atomic mass is 10.4. The zero-order valence-electron chi connectivity index (χ0n) is 8.97. The van der Waals surface area contributed by atoms with Crippen molar-refractivity contribution in [1.29, 1.82) is 0 Å². The molecule has 1 aromatic rings. The molecule has 0 saturated carbocycles. The highest BCUT2D eigenvalue weighted by Crippen LogP contribution is 1.91. The Balaban J connectivity index is 2.15. The largest absolute Gasteiger partial charge is 0.321 e. The van der Waals surface area contributed by atoms with Gasteiger partial charge in [0.2, 0.25) is 0 Å². The fraction of sp³-hybridized carbons (Fsp3) is 0.750. The average molecular weight is 232 g/mol. The van der Waals surface area contributed by atoms with Crippen molar-refractivity contribution >= 4 is 9.84 Å². The Morgan fingerprint density at radius 3 is 2.73 bits per heavy atom. The predicted octanol–water partition coefficient (Wildman–Crippen LogP) is -1.01. The highest BCUT2D eigenvalue weighted by Gasteiger charge is 2.02. The van der Waals surface area contributed by atoms with Crippen LogP contribution in [0, 0.1) is 0 Å². The molecule has 0 atom stereocenters. The van der Waals surface area contributed by atoms with Crippen LogP contribution in [0.1, 0.15) is 5.82 Å². The molecule has 0 bridgehead atoms. The zero-order chi connectivity index (χ0) is 11.3. The highest BCUT2D eigenvalue weighted by atomic mass is 32.2. The minimum absolute atomic E-state index is 0.172. The Labute approximate surface area is 89.6 Å². The van der Waals surface area contributed by atoms with Crippen LogP contribution in [0.5, 0.6) is 0 Å². The van der Waals surface area contributed by atoms with Gasteiger partial charge in [-0.3, -0.25) is 0 Å². The predicted molar refractivity (Wildman–Crippen MR) is 57.3 cm³/mol. The number of hydrogen-bond donors (Lipinski definition) is 1. The maximum atomic E-state index is 10.8. The monoisotopic (exact) mass is 232 g/mol. The van der Waals surface area contributed by atoms with Crippen molar-refractivity contribution in [2.75, 3.05) is 25.1 Å². The molecule has 15 heavy (non-hydrogen) atoms. The van der Waals surface area contributed by atoms with Crippen LogP contribution in [0.15, 0.2) is 6.33 Å². The summed E-state index contributed by atoms with van der Waals surface area (Å²) in [6.45, 7) is 1.19. The average Bonchev–Trinajstić information content (AvgIpc) is 2.49. The van der Waals surface area contributed by atoms with E-state index >= 15 is 0 Å². The van der Waals surface area contributed by atoms with Gasteiger partial charge in [0.1, 0.15) is 22.0 Å². The topological polar surface area (TPSA) is 76.9 Å². The van der Waals surface area contributed by atoms with Crippen LogP contribution < -0.4 is 5.32 Å². The lowest BCUT2D eigenvalue weighted by Crippen LogP contribution is -2.25. The van der Waals surface area contributed by atoms with E-state index in [9.17, 15) is 8.42 Å². The number of sulfone groups is 1. The molecule has 1 heterocycles.